The highest BCUT2D eigenvalue weighted by Gasteiger charge is 2.43. The fourth-order valence-electron chi connectivity index (χ4n) is 3.63. The van der Waals surface area contributed by atoms with Crippen molar-refractivity contribution in [2.45, 2.75) is 6.42 Å². The van der Waals surface area contributed by atoms with Gasteiger partial charge in [0.1, 0.15) is 5.82 Å². The zero-order valence-corrected chi connectivity index (χ0v) is 16.0. The van der Waals surface area contributed by atoms with Crippen molar-refractivity contribution in [3.8, 4) is 17.2 Å². The first-order valence-corrected chi connectivity index (χ1v) is 9.66. The second-order valence-corrected chi connectivity index (χ2v) is 7.60. The van der Waals surface area contributed by atoms with Crippen molar-refractivity contribution in [2.24, 2.45) is 11.8 Å². The molecule has 29 heavy (non-hydrogen) atoms. The molecule has 1 N–H and O–H groups in total. The molecule has 1 saturated carbocycles. The molecule has 2 aromatic heterocycles. The Hall–Kier alpha value is -3.49. The summed E-state index contributed by atoms with van der Waals surface area (Å²) in [4.78, 5) is 21.0. The number of nitrogens with one attached hydrogen (secondary N) is 1. The van der Waals surface area contributed by atoms with Crippen molar-refractivity contribution < 1.29 is 4.79 Å². The molecular formula is C23H15ClN4O. The quantitative estimate of drug-likeness (QED) is 0.514. The second kappa shape index (κ2) is 6.84. The van der Waals surface area contributed by atoms with Gasteiger partial charge in [0, 0.05) is 23.2 Å². The third-order valence-corrected chi connectivity index (χ3v) is 5.60. The van der Waals surface area contributed by atoms with Crippen LogP contribution in [-0.4, -0.2) is 15.9 Å². The number of nitrogens with zero attached hydrogens (tertiary/aromatic N) is 3. The molecule has 6 heteroatoms. The summed E-state index contributed by atoms with van der Waals surface area (Å²) in [7, 11) is 0. The van der Waals surface area contributed by atoms with E-state index in [1.807, 2.05) is 48.5 Å². The molecule has 1 fully saturated rings. The third-order valence-electron chi connectivity index (χ3n) is 5.29. The minimum absolute atomic E-state index is 0.161. The van der Waals surface area contributed by atoms with E-state index in [1.54, 1.807) is 12.4 Å². The van der Waals surface area contributed by atoms with Crippen LogP contribution >= 0.6 is 11.6 Å². The van der Waals surface area contributed by atoms with Gasteiger partial charge >= 0.3 is 0 Å². The number of carbonyl (C=O) groups is 1. The lowest BCUT2D eigenvalue weighted by Crippen LogP contribution is -2.15. The van der Waals surface area contributed by atoms with Crippen LogP contribution in [0.4, 0.5) is 5.82 Å². The number of rotatable bonds is 3. The molecular weight excluding hydrogens is 384 g/mol. The number of para-hydroxylation sites is 1. The highest BCUT2D eigenvalue weighted by molar-refractivity contribution is 6.36. The molecule has 5 rings (SSSR count). The predicted octanol–water partition coefficient (Wildman–Crippen LogP) is 5.20. The van der Waals surface area contributed by atoms with Gasteiger partial charge in [0.05, 0.1) is 28.4 Å². The van der Waals surface area contributed by atoms with Gasteiger partial charge in [0.25, 0.3) is 0 Å². The molecule has 1 aliphatic rings. The van der Waals surface area contributed by atoms with E-state index in [-0.39, 0.29) is 17.7 Å². The summed E-state index contributed by atoms with van der Waals surface area (Å²) >= 11 is 6.54. The van der Waals surface area contributed by atoms with Gasteiger partial charge < -0.3 is 5.32 Å². The Kier molecular flexibility index (Phi) is 4.15. The molecule has 0 unspecified atom stereocenters. The van der Waals surface area contributed by atoms with Gasteiger partial charge in [-0.15, -0.1) is 0 Å². The van der Waals surface area contributed by atoms with Crippen LogP contribution in [0.1, 0.15) is 6.42 Å². The number of hydrogen-bond acceptors (Lipinski definition) is 4. The van der Waals surface area contributed by atoms with E-state index in [0.717, 1.165) is 32.8 Å². The van der Waals surface area contributed by atoms with E-state index < -0.39 is 0 Å². The van der Waals surface area contributed by atoms with Crippen LogP contribution in [0.25, 0.3) is 32.8 Å². The van der Waals surface area contributed by atoms with Crippen molar-refractivity contribution in [1.29, 1.82) is 5.26 Å². The van der Waals surface area contributed by atoms with Crippen LogP contribution in [0, 0.1) is 23.2 Å². The Labute approximate surface area is 172 Å². The van der Waals surface area contributed by atoms with Gasteiger partial charge in [0.15, 0.2) is 0 Å². The molecule has 2 aromatic carbocycles. The Morgan fingerprint density at radius 1 is 1.14 bits per heavy atom. The molecule has 0 radical (unpaired) electrons. The summed E-state index contributed by atoms with van der Waals surface area (Å²) in [5.74, 6) is -0.128. The van der Waals surface area contributed by atoms with Gasteiger partial charge in [-0.2, -0.15) is 5.26 Å². The summed E-state index contributed by atoms with van der Waals surface area (Å²) in [6, 6.07) is 17.8. The van der Waals surface area contributed by atoms with Crippen LogP contribution in [0.3, 0.4) is 0 Å². The van der Waals surface area contributed by atoms with Gasteiger partial charge in [-0.1, -0.05) is 29.8 Å². The van der Waals surface area contributed by atoms with Gasteiger partial charge in [-0.05, 0) is 53.3 Å². The highest BCUT2D eigenvalue weighted by Crippen LogP contribution is 2.39. The molecule has 0 bridgehead atoms. The average molecular weight is 399 g/mol. The van der Waals surface area contributed by atoms with E-state index in [0.29, 0.717) is 17.3 Å². The Balaban J connectivity index is 1.56. The number of anilines is 1. The van der Waals surface area contributed by atoms with Crippen LogP contribution in [0.15, 0.2) is 60.9 Å². The SMILES string of the molecule is N#C[C@@H]1C[C@H]1C(=O)Nc1cc2cc(-c3ccnc4ccccc34)cc(Cl)c2cn1. The van der Waals surface area contributed by atoms with Crippen molar-refractivity contribution in [1.82, 2.24) is 9.97 Å². The number of fused-ring (bicyclic) bond motifs is 2. The van der Waals surface area contributed by atoms with Gasteiger partial charge in [-0.25, -0.2) is 4.98 Å². The lowest BCUT2D eigenvalue weighted by atomic mass is 9.99. The largest absolute Gasteiger partial charge is 0.310 e. The van der Waals surface area contributed by atoms with Crippen molar-refractivity contribution in [2.75, 3.05) is 5.32 Å². The van der Waals surface area contributed by atoms with Gasteiger partial charge in [0.2, 0.25) is 5.91 Å². The summed E-state index contributed by atoms with van der Waals surface area (Å²) in [6.07, 6.45) is 4.06. The van der Waals surface area contributed by atoms with Gasteiger partial charge in [-0.3, -0.25) is 9.78 Å². The number of aromatic nitrogens is 2. The van der Waals surface area contributed by atoms with Crippen LogP contribution in [-0.2, 0) is 4.79 Å². The first-order chi connectivity index (χ1) is 14.1. The second-order valence-electron chi connectivity index (χ2n) is 7.19. The fourth-order valence-corrected chi connectivity index (χ4v) is 3.91. The molecule has 140 valence electrons. The first-order valence-electron chi connectivity index (χ1n) is 9.28. The minimum atomic E-state index is -0.240. The normalized spacial score (nSPS) is 17.8. The van der Waals surface area contributed by atoms with Crippen LogP contribution in [0.2, 0.25) is 5.02 Å². The maximum Gasteiger partial charge on any atom is 0.230 e. The summed E-state index contributed by atoms with van der Waals surface area (Å²) < 4.78 is 0. The third kappa shape index (κ3) is 3.18. The topological polar surface area (TPSA) is 78.7 Å². The number of carbonyl (C=O) groups excluding carboxylic acids is 1. The first kappa shape index (κ1) is 17.6. The van der Waals surface area contributed by atoms with Crippen molar-refractivity contribution >= 4 is 45.0 Å². The molecule has 0 spiro atoms. The molecule has 4 aromatic rings. The smallest absolute Gasteiger partial charge is 0.230 e. The van der Waals surface area contributed by atoms with Crippen LogP contribution < -0.4 is 5.32 Å². The predicted molar refractivity (Wildman–Crippen MR) is 113 cm³/mol. The molecule has 2 heterocycles. The summed E-state index contributed by atoms with van der Waals surface area (Å²) in [6.45, 7) is 0. The van der Waals surface area contributed by atoms with E-state index in [4.69, 9.17) is 16.9 Å². The maximum atomic E-state index is 12.2. The number of hydrogen-bond donors (Lipinski definition) is 1. The van der Waals surface area contributed by atoms with E-state index in [1.165, 1.54) is 0 Å². The molecule has 2 atom stereocenters. The standard InChI is InChI=1S/C23H15ClN4O/c24-20-9-13(16-5-6-26-21-4-2-1-3-17(16)21)7-14-10-22(27-12-19(14)20)28-23(29)18-8-15(18)11-25/h1-7,9-10,12,15,18H,8H2,(H,27,28,29)/t15-,18+/m0/s1. The zero-order chi connectivity index (χ0) is 20.0. The highest BCUT2D eigenvalue weighted by atomic mass is 35.5. The summed E-state index contributed by atoms with van der Waals surface area (Å²) in [5, 5.41) is 15.1. The van der Waals surface area contributed by atoms with Crippen molar-refractivity contribution in [3.05, 3.63) is 65.9 Å². The molecule has 0 aliphatic heterocycles. The van der Waals surface area contributed by atoms with E-state index in [2.05, 4.69) is 21.4 Å². The van der Waals surface area contributed by atoms with E-state index >= 15 is 0 Å². The lowest BCUT2D eigenvalue weighted by Gasteiger charge is -2.10. The maximum absolute atomic E-state index is 12.2. The minimum Gasteiger partial charge on any atom is -0.310 e. The molecule has 5 nitrogen and oxygen atoms in total. The van der Waals surface area contributed by atoms with Crippen molar-refractivity contribution in [3.63, 3.8) is 0 Å². The Bertz CT molecular complexity index is 1320. The van der Waals surface area contributed by atoms with E-state index in [9.17, 15) is 4.79 Å². The fraction of sp³-hybridized carbons (Fsp3) is 0.130. The number of amides is 1. The summed E-state index contributed by atoms with van der Waals surface area (Å²) in [5.41, 5.74) is 2.92. The Morgan fingerprint density at radius 2 is 2.00 bits per heavy atom. The number of benzene rings is 2. The number of halogens is 1. The molecule has 1 amide bonds. The number of pyridine rings is 2. The zero-order valence-electron chi connectivity index (χ0n) is 15.3. The monoisotopic (exact) mass is 398 g/mol. The lowest BCUT2D eigenvalue weighted by molar-refractivity contribution is -0.117. The molecule has 0 saturated heterocycles. The Morgan fingerprint density at radius 3 is 2.83 bits per heavy atom. The average Bonchev–Trinajstić information content (AvgIpc) is 3.53. The van der Waals surface area contributed by atoms with Crippen LogP contribution in [0.5, 0.6) is 0 Å². The molecule has 1 aliphatic carbocycles. The number of nitriles is 1.